The number of carbonyl (C=O) groups excluding carboxylic acids is 1. The van der Waals surface area contributed by atoms with Crippen molar-refractivity contribution in [1.82, 2.24) is 15.4 Å². The topological polar surface area (TPSA) is 85.7 Å². The lowest BCUT2D eigenvalue weighted by molar-refractivity contribution is 0.0949. The Labute approximate surface area is 156 Å². The molecule has 0 unspecified atom stereocenters. The Morgan fingerprint density at radius 2 is 2.00 bits per heavy atom. The highest BCUT2D eigenvalue weighted by molar-refractivity contribution is 5.92. The molecule has 1 N–H and O–H groups in total. The number of carbonyl (C=O) groups is 1. The van der Waals surface area contributed by atoms with Gasteiger partial charge in [-0.25, -0.2) is 10.4 Å². The molecule has 0 aliphatic heterocycles. The van der Waals surface area contributed by atoms with Gasteiger partial charge in [0.1, 0.15) is 12.3 Å². The van der Waals surface area contributed by atoms with E-state index in [1.54, 1.807) is 19.2 Å². The summed E-state index contributed by atoms with van der Waals surface area (Å²) in [6.07, 6.45) is 5.82. The largest absolute Gasteiger partial charge is 0.493 e. The summed E-state index contributed by atoms with van der Waals surface area (Å²) in [6.45, 7) is 0.418. The van der Waals surface area contributed by atoms with Crippen LogP contribution in [0.3, 0.4) is 0 Å². The highest BCUT2D eigenvalue weighted by Gasteiger charge is 2.07. The monoisotopic (exact) mass is 362 g/mol. The van der Waals surface area contributed by atoms with Crippen molar-refractivity contribution in [3.8, 4) is 11.5 Å². The van der Waals surface area contributed by atoms with Crippen molar-refractivity contribution in [2.45, 2.75) is 6.61 Å². The van der Waals surface area contributed by atoms with Crippen LogP contribution in [0.15, 0.2) is 72.2 Å². The number of nitrogens with zero attached hydrogens (tertiary/aromatic N) is 3. The van der Waals surface area contributed by atoms with E-state index in [1.165, 1.54) is 24.8 Å². The van der Waals surface area contributed by atoms with Gasteiger partial charge in [0.2, 0.25) is 0 Å². The van der Waals surface area contributed by atoms with Gasteiger partial charge in [-0.15, -0.1) is 0 Å². The Balaban J connectivity index is 1.66. The SMILES string of the molecule is COc1ccc(/C=N\NC(=O)c2cnccn2)cc1OCc1ccccc1. The van der Waals surface area contributed by atoms with Crippen molar-refractivity contribution < 1.29 is 14.3 Å². The first-order valence-electron chi connectivity index (χ1n) is 8.20. The molecular weight excluding hydrogens is 344 g/mol. The van der Waals surface area contributed by atoms with E-state index in [0.29, 0.717) is 18.1 Å². The summed E-state index contributed by atoms with van der Waals surface area (Å²) in [5.74, 6) is 0.769. The van der Waals surface area contributed by atoms with Crippen LogP contribution in [0.5, 0.6) is 11.5 Å². The predicted molar refractivity (Wildman–Crippen MR) is 101 cm³/mol. The fourth-order valence-electron chi connectivity index (χ4n) is 2.26. The van der Waals surface area contributed by atoms with Crippen LogP contribution < -0.4 is 14.9 Å². The van der Waals surface area contributed by atoms with Crippen LogP contribution in [0.1, 0.15) is 21.6 Å². The zero-order valence-electron chi connectivity index (χ0n) is 14.7. The highest BCUT2D eigenvalue weighted by Crippen LogP contribution is 2.28. The average molecular weight is 362 g/mol. The van der Waals surface area contributed by atoms with Gasteiger partial charge in [-0.3, -0.25) is 9.78 Å². The molecule has 0 atom stereocenters. The molecule has 136 valence electrons. The first kappa shape index (κ1) is 18.1. The second-order valence-electron chi connectivity index (χ2n) is 5.47. The zero-order chi connectivity index (χ0) is 18.9. The minimum Gasteiger partial charge on any atom is -0.493 e. The third kappa shape index (κ3) is 5.12. The third-order valence-corrected chi connectivity index (χ3v) is 3.60. The minimum atomic E-state index is -0.437. The van der Waals surface area contributed by atoms with Crippen LogP contribution in [0.4, 0.5) is 0 Å². The fourth-order valence-corrected chi connectivity index (χ4v) is 2.26. The number of benzene rings is 2. The molecule has 0 aliphatic rings. The molecule has 1 aromatic heterocycles. The van der Waals surface area contributed by atoms with Gasteiger partial charge in [-0.05, 0) is 29.3 Å². The van der Waals surface area contributed by atoms with E-state index in [2.05, 4.69) is 20.5 Å². The van der Waals surface area contributed by atoms with Crippen LogP contribution in [0.25, 0.3) is 0 Å². The number of rotatable bonds is 7. The van der Waals surface area contributed by atoms with Gasteiger partial charge in [-0.1, -0.05) is 30.3 Å². The lowest BCUT2D eigenvalue weighted by Crippen LogP contribution is -2.19. The molecule has 0 saturated carbocycles. The summed E-state index contributed by atoms with van der Waals surface area (Å²) < 4.78 is 11.2. The van der Waals surface area contributed by atoms with Gasteiger partial charge < -0.3 is 9.47 Å². The van der Waals surface area contributed by atoms with Gasteiger partial charge in [0.05, 0.1) is 19.5 Å². The summed E-state index contributed by atoms with van der Waals surface area (Å²) in [7, 11) is 1.58. The van der Waals surface area contributed by atoms with E-state index < -0.39 is 5.91 Å². The van der Waals surface area contributed by atoms with Crippen molar-refractivity contribution >= 4 is 12.1 Å². The van der Waals surface area contributed by atoms with E-state index >= 15 is 0 Å². The summed E-state index contributed by atoms with van der Waals surface area (Å²) in [5.41, 5.74) is 4.40. The molecule has 0 fully saturated rings. The third-order valence-electron chi connectivity index (χ3n) is 3.60. The second kappa shape index (κ2) is 9.10. The summed E-state index contributed by atoms with van der Waals surface area (Å²) >= 11 is 0. The lowest BCUT2D eigenvalue weighted by Gasteiger charge is -2.11. The number of amides is 1. The molecule has 3 aromatic rings. The van der Waals surface area contributed by atoms with E-state index in [-0.39, 0.29) is 5.69 Å². The molecule has 2 aromatic carbocycles. The molecule has 0 spiro atoms. The number of nitrogens with one attached hydrogen (secondary N) is 1. The molecule has 0 aliphatic carbocycles. The maximum absolute atomic E-state index is 11.9. The van der Waals surface area contributed by atoms with Crippen molar-refractivity contribution in [3.05, 3.63) is 83.9 Å². The molecular formula is C20H18N4O3. The quantitative estimate of drug-likeness (QED) is 0.516. The van der Waals surface area contributed by atoms with Crippen molar-refractivity contribution in [3.63, 3.8) is 0 Å². The predicted octanol–water partition coefficient (Wildman–Crippen LogP) is 2.83. The Hall–Kier alpha value is -3.74. The molecule has 3 rings (SSSR count). The van der Waals surface area contributed by atoms with Crippen molar-refractivity contribution in [2.24, 2.45) is 5.10 Å². The van der Waals surface area contributed by atoms with E-state index in [0.717, 1.165) is 11.1 Å². The lowest BCUT2D eigenvalue weighted by atomic mass is 10.2. The van der Waals surface area contributed by atoms with Crippen LogP contribution in [0.2, 0.25) is 0 Å². The maximum atomic E-state index is 11.9. The number of ether oxygens (including phenoxy) is 2. The average Bonchev–Trinajstić information content (AvgIpc) is 2.73. The number of hydrogen-bond donors (Lipinski definition) is 1. The van der Waals surface area contributed by atoms with E-state index in [9.17, 15) is 4.79 Å². The van der Waals surface area contributed by atoms with Crippen molar-refractivity contribution in [2.75, 3.05) is 7.11 Å². The van der Waals surface area contributed by atoms with E-state index in [4.69, 9.17) is 9.47 Å². The Kier molecular flexibility index (Phi) is 6.08. The highest BCUT2D eigenvalue weighted by atomic mass is 16.5. The Morgan fingerprint density at radius 3 is 2.74 bits per heavy atom. The van der Waals surface area contributed by atoms with Crippen LogP contribution >= 0.6 is 0 Å². The summed E-state index contributed by atoms with van der Waals surface area (Å²) in [5, 5.41) is 3.94. The van der Waals surface area contributed by atoms with Gasteiger partial charge in [0, 0.05) is 12.4 Å². The molecule has 7 heteroatoms. The summed E-state index contributed by atoms with van der Waals surface area (Å²) in [4.78, 5) is 19.6. The minimum absolute atomic E-state index is 0.191. The van der Waals surface area contributed by atoms with Gasteiger partial charge >= 0.3 is 0 Å². The molecule has 1 amide bonds. The van der Waals surface area contributed by atoms with Gasteiger partial charge in [0.15, 0.2) is 11.5 Å². The molecule has 0 bridgehead atoms. The normalized spacial score (nSPS) is 10.6. The number of hydrazone groups is 1. The second-order valence-corrected chi connectivity index (χ2v) is 5.47. The molecule has 0 saturated heterocycles. The molecule has 0 radical (unpaired) electrons. The molecule has 1 heterocycles. The number of methoxy groups -OCH3 is 1. The number of aromatic nitrogens is 2. The van der Waals surface area contributed by atoms with E-state index in [1.807, 2.05) is 36.4 Å². The Morgan fingerprint density at radius 1 is 1.15 bits per heavy atom. The first-order chi connectivity index (χ1) is 13.3. The van der Waals surface area contributed by atoms with Gasteiger partial charge in [0.25, 0.3) is 5.91 Å². The fraction of sp³-hybridized carbons (Fsp3) is 0.100. The van der Waals surface area contributed by atoms with Crippen LogP contribution in [-0.2, 0) is 6.61 Å². The van der Waals surface area contributed by atoms with Gasteiger partial charge in [-0.2, -0.15) is 5.10 Å². The van der Waals surface area contributed by atoms with Crippen LogP contribution in [-0.4, -0.2) is 29.2 Å². The van der Waals surface area contributed by atoms with Crippen molar-refractivity contribution in [1.29, 1.82) is 0 Å². The molecule has 7 nitrogen and oxygen atoms in total. The summed E-state index contributed by atoms with van der Waals surface area (Å²) in [6, 6.07) is 15.2. The zero-order valence-corrected chi connectivity index (χ0v) is 14.7. The van der Waals surface area contributed by atoms with Crippen LogP contribution in [0, 0.1) is 0 Å². The smallest absolute Gasteiger partial charge is 0.291 e. The first-order valence-corrected chi connectivity index (χ1v) is 8.20. The standard InChI is InChI=1S/C20H18N4O3/c1-26-18-8-7-16(11-19(18)27-14-15-5-3-2-4-6-15)12-23-24-20(25)17-13-21-9-10-22-17/h2-13H,14H2,1H3,(H,24,25)/b23-12-. The number of hydrogen-bond acceptors (Lipinski definition) is 6. The molecule has 27 heavy (non-hydrogen) atoms. The maximum Gasteiger partial charge on any atom is 0.291 e. The Bertz CT molecular complexity index is 915.